The highest BCUT2D eigenvalue weighted by molar-refractivity contribution is 5.38. The van der Waals surface area contributed by atoms with Crippen LogP contribution in [0.3, 0.4) is 0 Å². The Bertz CT molecular complexity index is 406. The Labute approximate surface area is 114 Å². The summed E-state index contributed by atoms with van der Waals surface area (Å²) in [5, 5.41) is 13.0. The first-order valence-corrected chi connectivity index (χ1v) is 6.41. The normalized spacial score (nSPS) is 11.3. The first-order chi connectivity index (χ1) is 8.89. The van der Waals surface area contributed by atoms with Gasteiger partial charge in [0.25, 0.3) is 0 Å². The molecular weight excluding hydrogens is 246 g/mol. The fourth-order valence-corrected chi connectivity index (χ4v) is 1.61. The van der Waals surface area contributed by atoms with Crippen LogP contribution in [0, 0.1) is 0 Å². The average Bonchev–Trinajstić information content (AvgIpc) is 2.34. The molecule has 7 nitrogen and oxygen atoms in total. The molecule has 7 heteroatoms. The van der Waals surface area contributed by atoms with Gasteiger partial charge >= 0.3 is 6.01 Å². The summed E-state index contributed by atoms with van der Waals surface area (Å²) in [6, 6.07) is 0.259. The third-order valence-electron chi connectivity index (χ3n) is 2.36. The summed E-state index contributed by atoms with van der Waals surface area (Å²) in [5.74, 6) is 0.964. The quantitative estimate of drug-likeness (QED) is 0.761. The van der Waals surface area contributed by atoms with Crippen LogP contribution in [0.1, 0.15) is 27.7 Å². The lowest BCUT2D eigenvalue weighted by Gasteiger charge is -2.28. The summed E-state index contributed by atoms with van der Waals surface area (Å²) in [5.41, 5.74) is -0.825. The second-order valence-electron chi connectivity index (χ2n) is 4.80. The molecule has 0 fully saturated rings. The number of ether oxygens (including phenoxy) is 1. The molecule has 0 aromatic carbocycles. The molecule has 0 atom stereocenters. The van der Waals surface area contributed by atoms with Crippen LogP contribution >= 0.6 is 0 Å². The first-order valence-electron chi connectivity index (χ1n) is 6.41. The number of anilines is 2. The third kappa shape index (κ3) is 4.86. The highest BCUT2D eigenvalue weighted by atomic mass is 16.5. The van der Waals surface area contributed by atoms with Gasteiger partial charge in [0.2, 0.25) is 11.9 Å². The molecule has 1 rings (SSSR count). The van der Waals surface area contributed by atoms with Gasteiger partial charge in [-0.15, -0.1) is 0 Å². The Morgan fingerprint density at radius 3 is 2.42 bits per heavy atom. The van der Waals surface area contributed by atoms with Gasteiger partial charge < -0.3 is 20.1 Å². The lowest BCUT2D eigenvalue weighted by atomic mass is 10.1. The van der Waals surface area contributed by atoms with Crippen molar-refractivity contribution in [3.8, 4) is 6.01 Å². The second kappa shape index (κ2) is 6.51. The van der Waals surface area contributed by atoms with Crippen molar-refractivity contribution in [2.24, 2.45) is 0 Å². The minimum Gasteiger partial charge on any atom is -0.467 e. The van der Waals surface area contributed by atoms with Crippen LogP contribution in [0.25, 0.3) is 0 Å². The van der Waals surface area contributed by atoms with Gasteiger partial charge in [-0.2, -0.15) is 15.0 Å². The van der Waals surface area contributed by atoms with Crippen LogP contribution in [0.4, 0.5) is 11.9 Å². The molecule has 108 valence electrons. The molecule has 0 aliphatic heterocycles. The van der Waals surface area contributed by atoms with E-state index in [-0.39, 0.29) is 6.01 Å². The van der Waals surface area contributed by atoms with Crippen molar-refractivity contribution in [2.45, 2.75) is 33.3 Å². The molecule has 0 amide bonds. The predicted octanol–water partition coefficient (Wildman–Crippen LogP) is 0.909. The van der Waals surface area contributed by atoms with E-state index in [9.17, 15) is 5.11 Å². The molecule has 0 bridgehead atoms. The number of hydrogen-bond donors (Lipinski definition) is 2. The van der Waals surface area contributed by atoms with Crippen LogP contribution < -0.4 is 15.0 Å². The maximum Gasteiger partial charge on any atom is 0.322 e. The van der Waals surface area contributed by atoms with Gasteiger partial charge in [-0.05, 0) is 27.7 Å². The number of hydrogen-bond acceptors (Lipinski definition) is 7. The van der Waals surface area contributed by atoms with E-state index >= 15 is 0 Å². The molecular formula is C12H23N5O2. The molecule has 1 heterocycles. The van der Waals surface area contributed by atoms with Gasteiger partial charge in [0.1, 0.15) is 0 Å². The molecule has 2 N–H and O–H groups in total. The molecule has 0 unspecified atom stereocenters. The highest BCUT2D eigenvalue weighted by Gasteiger charge is 2.20. The minimum absolute atomic E-state index is 0.259. The van der Waals surface area contributed by atoms with Crippen molar-refractivity contribution in [1.29, 1.82) is 0 Å². The average molecular weight is 269 g/mol. The molecule has 1 aromatic rings. The molecule has 19 heavy (non-hydrogen) atoms. The van der Waals surface area contributed by atoms with Crippen LogP contribution in [-0.4, -0.2) is 52.4 Å². The number of nitrogens with zero attached hydrogens (tertiary/aromatic N) is 4. The molecule has 0 saturated heterocycles. The summed E-state index contributed by atoms with van der Waals surface area (Å²) in [6.45, 7) is 9.27. The van der Waals surface area contributed by atoms with Gasteiger partial charge in [0, 0.05) is 19.6 Å². The fraction of sp³-hybridized carbons (Fsp3) is 0.750. The Kier molecular flexibility index (Phi) is 5.29. The Balaban J connectivity index is 3.04. The highest BCUT2D eigenvalue weighted by Crippen LogP contribution is 2.17. The summed E-state index contributed by atoms with van der Waals surface area (Å²) in [6.07, 6.45) is 0. The number of methoxy groups -OCH3 is 1. The number of rotatable bonds is 7. The first kappa shape index (κ1) is 15.4. The Morgan fingerprint density at radius 2 is 1.95 bits per heavy atom. The van der Waals surface area contributed by atoms with E-state index in [1.165, 1.54) is 7.11 Å². The van der Waals surface area contributed by atoms with E-state index in [2.05, 4.69) is 20.3 Å². The zero-order chi connectivity index (χ0) is 14.5. The van der Waals surface area contributed by atoms with Gasteiger partial charge in [0.05, 0.1) is 12.7 Å². The van der Waals surface area contributed by atoms with E-state index in [0.29, 0.717) is 31.5 Å². The lowest BCUT2D eigenvalue weighted by molar-refractivity contribution is 0.0871. The van der Waals surface area contributed by atoms with Gasteiger partial charge in [-0.25, -0.2) is 0 Å². The van der Waals surface area contributed by atoms with Crippen molar-refractivity contribution < 1.29 is 9.84 Å². The van der Waals surface area contributed by atoms with E-state index in [1.807, 2.05) is 18.7 Å². The van der Waals surface area contributed by atoms with Crippen LogP contribution in [0.5, 0.6) is 6.01 Å². The predicted molar refractivity (Wildman–Crippen MR) is 74.7 cm³/mol. The van der Waals surface area contributed by atoms with Crippen molar-refractivity contribution in [1.82, 2.24) is 15.0 Å². The second-order valence-corrected chi connectivity index (χ2v) is 4.80. The summed E-state index contributed by atoms with van der Waals surface area (Å²) in [7, 11) is 1.51. The minimum atomic E-state index is -0.825. The smallest absolute Gasteiger partial charge is 0.322 e. The van der Waals surface area contributed by atoms with E-state index < -0.39 is 5.60 Å². The van der Waals surface area contributed by atoms with E-state index in [1.54, 1.807) is 13.8 Å². The number of aromatic nitrogens is 3. The summed E-state index contributed by atoms with van der Waals surface area (Å²) in [4.78, 5) is 14.5. The zero-order valence-electron chi connectivity index (χ0n) is 12.3. The van der Waals surface area contributed by atoms with Gasteiger partial charge in [-0.1, -0.05) is 0 Å². The summed E-state index contributed by atoms with van der Waals surface area (Å²) < 4.78 is 5.08. The number of likely N-dealkylation sites (N-methyl/N-ethyl adjacent to an activating group) is 1. The standard InChI is InChI=1S/C12H23N5O2/c1-6-13-9-14-10(16-11(15-9)19-5)17(7-2)8-12(3,4)18/h18H,6-8H2,1-5H3,(H,13,14,15,16). The maximum absolute atomic E-state index is 9.92. The third-order valence-corrected chi connectivity index (χ3v) is 2.36. The number of nitrogens with one attached hydrogen (secondary N) is 1. The van der Waals surface area contributed by atoms with Crippen molar-refractivity contribution in [2.75, 3.05) is 37.0 Å². The van der Waals surface area contributed by atoms with E-state index in [4.69, 9.17) is 4.74 Å². The van der Waals surface area contributed by atoms with Crippen molar-refractivity contribution >= 4 is 11.9 Å². The maximum atomic E-state index is 9.92. The molecule has 0 radical (unpaired) electrons. The van der Waals surface area contributed by atoms with Gasteiger partial charge in [-0.3, -0.25) is 0 Å². The summed E-state index contributed by atoms with van der Waals surface area (Å²) >= 11 is 0. The Hall–Kier alpha value is -1.63. The van der Waals surface area contributed by atoms with Crippen molar-refractivity contribution in [3.63, 3.8) is 0 Å². The van der Waals surface area contributed by atoms with Crippen molar-refractivity contribution in [3.05, 3.63) is 0 Å². The lowest BCUT2D eigenvalue weighted by Crippen LogP contribution is -2.39. The molecule has 0 aliphatic rings. The molecule has 0 saturated carbocycles. The van der Waals surface area contributed by atoms with Crippen LogP contribution in [-0.2, 0) is 0 Å². The fourth-order valence-electron chi connectivity index (χ4n) is 1.61. The SMILES string of the molecule is CCNc1nc(OC)nc(N(CC)CC(C)(C)O)n1. The monoisotopic (exact) mass is 269 g/mol. The number of aliphatic hydroxyl groups is 1. The van der Waals surface area contributed by atoms with Crippen LogP contribution in [0.2, 0.25) is 0 Å². The Morgan fingerprint density at radius 1 is 1.26 bits per heavy atom. The van der Waals surface area contributed by atoms with Crippen LogP contribution in [0.15, 0.2) is 0 Å². The molecule has 1 aromatic heterocycles. The topological polar surface area (TPSA) is 83.4 Å². The molecule has 0 spiro atoms. The molecule has 0 aliphatic carbocycles. The largest absolute Gasteiger partial charge is 0.467 e. The zero-order valence-corrected chi connectivity index (χ0v) is 12.3. The van der Waals surface area contributed by atoms with E-state index in [0.717, 1.165) is 0 Å². The van der Waals surface area contributed by atoms with Gasteiger partial charge in [0.15, 0.2) is 0 Å².